The Kier molecular flexibility index (Phi) is 15.4. The molecule has 1 N–H and O–H groups in total. The van der Waals surface area contributed by atoms with Gasteiger partial charge in [-0.1, -0.05) is 71.1 Å². The normalized spacial score (nSPS) is 11.2. The molecule has 0 aromatic carbocycles. The van der Waals surface area contributed by atoms with Gasteiger partial charge in [0.05, 0.1) is 0 Å². The Hall–Kier alpha value is -0.570. The molecule has 3 heteroatoms. The van der Waals surface area contributed by atoms with Gasteiger partial charge in [-0.05, 0) is 33.0 Å². The van der Waals surface area contributed by atoms with Gasteiger partial charge in [-0.15, -0.1) is 0 Å². The Morgan fingerprint density at radius 3 is 1.67 bits per heavy atom. The molecule has 21 heavy (non-hydrogen) atoms. The summed E-state index contributed by atoms with van der Waals surface area (Å²) in [5, 5.41) is 8.59. The molecule has 3 nitrogen and oxygen atoms in total. The van der Waals surface area contributed by atoms with Crippen LogP contribution in [0.1, 0.15) is 90.4 Å². The van der Waals surface area contributed by atoms with Crippen molar-refractivity contribution in [2.24, 2.45) is 0 Å². The lowest BCUT2D eigenvalue weighted by molar-refractivity contribution is -0.137. The second kappa shape index (κ2) is 15.8. The van der Waals surface area contributed by atoms with Gasteiger partial charge in [-0.25, -0.2) is 0 Å². The minimum atomic E-state index is -0.682. The molecule has 0 aromatic heterocycles. The fourth-order valence-electron chi connectivity index (χ4n) is 2.66. The van der Waals surface area contributed by atoms with E-state index in [1.165, 1.54) is 70.6 Å². The van der Waals surface area contributed by atoms with Gasteiger partial charge < -0.3 is 10.0 Å². The summed E-state index contributed by atoms with van der Waals surface area (Å²) in [6, 6.07) is 0. The summed E-state index contributed by atoms with van der Waals surface area (Å²) in [5.41, 5.74) is 0. The van der Waals surface area contributed by atoms with E-state index in [-0.39, 0.29) is 0 Å². The van der Waals surface area contributed by atoms with Crippen LogP contribution in [0.2, 0.25) is 0 Å². The molecule has 0 spiro atoms. The maximum absolute atomic E-state index is 10.4. The zero-order valence-corrected chi connectivity index (χ0v) is 14.4. The minimum absolute atomic E-state index is 0.294. The van der Waals surface area contributed by atoms with E-state index in [0.29, 0.717) is 6.42 Å². The molecular formula is C18H37NO2. The molecule has 0 aliphatic heterocycles. The van der Waals surface area contributed by atoms with Crippen molar-refractivity contribution in [2.75, 3.05) is 20.1 Å². The van der Waals surface area contributed by atoms with Crippen molar-refractivity contribution in [2.45, 2.75) is 90.4 Å². The van der Waals surface area contributed by atoms with Crippen LogP contribution in [0.15, 0.2) is 0 Å². The number of carboxylic acid groups (broad SMARTS) is 1. The highest BCUT2D eigenvalue weighted by molar-refractivity contribution is 5.66. The van der Waals surface area contributed by atoms with Gasteiger partial charge >= 0.3 is 5.97 Å². The first-order valence-electron chi connectivity index (χ1n) is 9.07. The molecule has 126 valence electrons. The highest BCUT2D eigenvalue weighted by Gasteiger charge is 2.01. The highest BCUT2D eigenvalue weighted by atomic mass is 16.4. The van der Waals surface area contributed by atoms with Crippen LogP contribution in [-0.4, -0.2) is 36.1 Å². The van der Waals surface area contributed by atoms with Gasteiger partial charge in [0.25, 0.3) is 0 Å². The summed E-state index contributed by atoms with van der Waals surface area (Å²) in [6.07, 6.45) is 16.2. The van der Waals surface area contributed by atoms with E-state index in [4.69, 9.17) is 5.11 Å². The molecule has 0 rings (SSSR count). The average Bonchev–Trinajstić information content (AvgIpc) is 2.44. The molecule has 0 heterocycles. The lowest BCUT2D eigenvalue weighted by Gasteiger charge is -2.15. The maximum atomic E-state index is 10.4. The molecule has 0 unspecified atom stereocenters. The summed E-state index contributed by atoms with van der Waals surface area (Å²) in [4.78, 5) is 12.7. The lowest BCUT2D eigenvalue weighted by atomic mass is 10.1. The summed E-state index contributed by atoms with van der Waals surface area (Å²) >= 11 is 0. The Morgan fingerprint density at radius 2 is 1.19 bits per heavy atom. The number of carboxylic acids is 1. The first kappa shape index (κ1) is 20.4. The molecule has 0 bridgehead atoms. The van der Waals surface area contributed by atoms with Crippen LogP contribution in [0.25, 0.3) is 0 Å². The fourth-order valence-corrected chi connectivity index (χ4v) is 2.66. The number of rotatable bonds is 16. The quantitative estimate of drug-likeness (QED) is 0.403. The number of nitrogens with zero attached hydrogens (tertiary/aromatic N) is 1. The molecular weight excluding hydrogens is 262 g/mol. The van der Waals surface area contributed by atoms with Crippen molar-refractivity contribution in [1.29, 1.82) is 0 Å². The third-order valence-corrected chi connectivity index (χ3v) is 4.07. The molecule has 0 saturated heterocycles. The van der Waals surface area contributed by atoms with Gasteiger partial charge in [0.15, 0.2) is 0 Å². The monoisotopic (exact) mass is 299 g/mol. The van der Waals surface area contributed by atoms with Crippen LogP contribution >= 0.6 is 0 Å². The average molecular weight is 299 g/mol. The van der Waals surface area contributed by atoms with Gasteiger partial charge in [0.2, 0.25) is 0 Å². The van der Waals surface area contributed by atoms with Crippen LogP contribution in [0.3, 0.4) is 0 Å². The van der Waals surface area contributed by atoms with Gasteiger partial charge in [0.1, 0.15) is 0 Å². The molecule has 0 saturated carbocycles. The third-order valence-electron chi connectivity index (χ3n) is 4.07. The van der Waals surface area contributed by atoms with Gasteiger partial charge in [0, 0.05) is 6.42 Å². The van der Waals surface area contributed by atoms with E-state index >= 15 is 0 Å². The van der Waals surface area contributed by atoms with Crippen LogP contribution in [0.4, 0.5) is 0 Å². The van der Waals surface area contributed by atoms with Crippen molar-refractivity contribution in [3.05, 3.63) is 0 Å². The van der Waals surface area contributed by atoms with Crippen molar-refractivity contribution in [1.82, 2.24) is 4.90 Å². The van der Waals surface area contributed by atoms with Crippen molar-refractivity contribution in [3.8, 4) is 0 Å². The first-order valence-corrected chi connectivity index (χ1v) is 9.07. The number of unbranched alkanes of at least 4 members (excludes halogenated alkanes) is 10. The summed E-state index contributed by atoms with van der Waals surface area (Å²) < 4.78 is 0. The smallest absolute Gasteiger partial charge is 0.303 e. The number of aliphatic carboxylic acids is 1. The topological polar surface area (TPSA) is 40.5 Å². The second-order valence-corrected chi connectivity index (χ2v) is 6.34. The maximum Gasteiger partial charge on any atom is 0.303 e. The second-order valence-electron chi connectivity index (χ2n) is 6.34. The fraction of sp³-hybridized carbons (Fsp3) is 0.944. The molecule has 0 aliphatic rings. The summed E-state index contributed by atoms with van der Waals surface area (Å²) in [5.74, 6) is -0.682. The van der Waals surface area contributed by atoms with Crippen molar-refractivity contribution in [3.63, 3.8) is 0 Å². The summed E-state index contributed by atoms with van der Waals surface area (Å²) in [6.45, 7) is 4.28. The Morgan fingerprint density at radius 1 is 0.762 bits per heavy atom. The van der Waals surface area contributed by atoms with Crippen LogP contribution < -0.4 is 0 Å². The van der Waals surface area contributed by atoms with Gasteiger partial charge in [-0.2, -0.15) is 0 Å². The van der Waals surface area contributed by atoms with Crippen LogP contribution in [-0.2, 0) is 4.79 Å². The third kappa shape index (κ3) is 17.4. The van der Waals surface area contributed by atoms with E-state index < -0.39 is 5.97 Å². The van der Waals surface area contributed by atoms with Gasteiger partial charge in [-0.3, -0.25) is 4.79 Å². The number of carbonyl (C=O) groups is 1. The van der Waals surface area contributed by atoms with Crippen molar-refractivity contribution < 1.29 is 9.90 Å². The number of hydrogen-bond acceptors (Lipinski definition) is 2. The number of hydrogen-bond donors (Lipinski definition) is 1. The molecule has 0 atom stereocenters. The molecule has 0 amide bonds. The highest BCUT2D eigenvalue weighted by Crippen LogP contribution is 2.11. The molecule has 0 fully saturated rings. The Bertz CT molecular complexity index is 231. The minimum Gasteiger partial charge on any atom is -0.481 e. The zero-order chi connectivity index (χ0) is 15.8. The molecule has 0 aromatic rings. The van der Waals surface area contributed by atoms with Crippen molar-refractivity contribution >= 4 is 5.97 Å². The lowest BCUT2D eigenvalue weighted by Crippen LogP contribution is -2.21. The predicted octanol–water partition coefficient (Wildman–Crippen LogP) is 5.09. The molecule has 0 aliphatic carbocycles. The van der Waals surface area contributed by atoms with E-state index in [9.17, 15) is 4.79 Å². The SMILES string of the molecule is CCCCCCCCCCCCCN(C)CCCC(=O)O. The molecule has 0 radical (unpaired) electrons. The van der Waals surface area contributed by atoms with E-state index in [0.717, 1.165) is 19.5 Å². The largest absolute Gasteiger partial charge is 0.481 e. The first-order chi connectivity index (χ1) is 10.2. The van der Waals surface area contributed by atoms with E-state index in [1.807, 2.05) is 0 Å². The van der Waals surface area contributed by atoms with Crippen LogP contribution in [0.5, 0.6) is 0 Å². The van der Waals surface area contributed by atoms with E-state index in [2.05, 4.69) is 18.9 Å². The Labute approximate surface area is 132 Å². The standard InChI is InChI=1S/C18H37NO2/c1-3-4-5-6-7-8-9-10-11-12-13-16-19(2)17-14-15-18(20)21/h3-17H2,1-2H3,(H,20,21). The van der Waals surface area contributed by atoms with Crippen LogP contribution in [0, 0.1) is 0 Å². The zero-order valence-electron chi connectivity index (χ0n) is 14.4. The summed E-state index contributed by atoms with van der Waals surface area (Å²) in [7, 11) is 2.10. The predicted molar refractivity (Wildman–Crippen MR) is 90.8 cm³/mol. The van der Waals surface area contributed by atoms with E-state index in [1.54, 1.807) is 0 Å². The Balaban J connectivity index is 3.12.